The third-order valence-electron chi connectivity index (χ3n) is 4.03. The number of carbonyl (C=O) groups is 1. The molecule has 0 radical (unpaired) electrons. The van der Waals surface area contributed by atoms with Crippen molar-refractivity contribution in [2.24, 2.45) is 0 Å². The smallest absolute Gasteiger partial charge is 0.347 e. The van der Waals surface area contributed by atoms with E-state index < -0.39 is 5.63 Å². The van der Waals surface area contributed by atoms with Crippen molar-refractivity contribution in [2.45, 2.75) is 6.92 Å². The van der Waals surface area contributed by atoms with Crippen LogP contribution in [0.1, 0.15) is 16.1 Å². The minimum Gasteiger partial charge on any atom is -0.469 e. The number of hydrogen-bond acceptors (Lipinski definition) is 5. The van der Waals surface area contributed by atoms with Crippen molar-refractivity contribution in [3.8, 4) is 11.5 Å². The van der Waals surface area contributed by atoms with Gasteiger partial charge in [0.25, 0.3) is 5.91 Å². The number of anilines is 1. The molecule has 0 atom stereocenters. The van der Waals surface area contributed by atoms with Gasteiger partial charge in [0, 0.05) is 11.3 Å². The molecule has 1 N–H and O–H groups in total. The molecule has 0 saturated heterocycles. The second-order valence-electron chi connectivity index (χ2n) is 5.75. The van der Waals surface area contributed by atoms with Crippen LogP contribution in [0.5, 0.6) is 0 Å². The number of benzene rings is 2. The SMILES string of the molecule is Cc1occc1C(=O)Nc1ccc(-c2nc3ccccc3c(=O)o2)cc1. The Hall–Kier alpha value is -3.67. The molecule has 128 valence electrons. The van der Waals surface area contributed by atoms with Crippen molar-refractivity contribution in [3.63, 3.8) is 0 Å². The molecular weight excluding hydrogens is 332 g/mol. The monoisotopic (exact) mass is 346 g/mol. The van der Waals surface area contributed by atoms with Crippen LogP contribution in [0.25, 0.3) is 22.4 Å². The van der Waals surface area contributed by atoms with Crippen molar-refractivity contribution < 1.29 is 13.6 Å². The quantitative estimate of drug-likeness (QED) is 0.606. The summed E-state index contributed by atoms with van der Waals surface area (Å²) in [4.78, 5) is 28.7. The van der Waals surface area contributed by atoms with Gasteiger partial charge in [-0.3, -0.25) is 4.79 Å². The van der Waals surface area contributed by atoms with Gasteiger partial charge in [-0.25, -0.2) is 9.78 Å². The lowest BCUT2D eigenvalue weighted by atomic mass is 10.2. The summed E-state index contributed by atoms with van der Waals surface area (Å²) >= 11 is 0. The zero-order valence-electron chi connectivity index (χ0n) is 13.9. The van der Waals surface area contributed by atoms with Crippen LogP contribution in [-0.2, 0) is 0 Å². The standard InChI is InChI=1S/C20H14N2O4/c1-12-15(10-11-25-12)18(23)21-14-8-6-13(7-9-14)19-22-17-5-3-2-4-16(17)20(24)26-19/h2-11H,1H3,(H,21,23). The Kier molecular flexibility index (Phi) is 3.85. The maximum absolute atomic E-state index is 12.2. The van der Waals surface area contributed by atoms with Crippen LogP contribution in [0, 0.1) is 6.92 Å². The molecule has 1 amide bonds. The summed E-state index contributed by atoms with van der Waals surface area (Å²) in [6.07, 6.45) is 1.47. The van der Waals surface area contributed by atoms with Crippen LogP contribution in [-0.4, -0.2) is 10.9 Å². The van der Waals surface area contributed by atoms with Gasteiger partial charge in [0.1, 0.15) is 5.76 Å². The lowest BCUT2D eigenvalue weighted by molar-refractivity contribution is 0.102. The molecule has 0 unspecified atom stereocenters. The van der Waals surface area contributed by atoms with Crippen molar-refractivity contribution >= 4 is 22.5 Å². The van der Waals surface area contributed by atoms with Crippen molar-refractivity contribution in [3.05, 3.63) is 82.6 Å². The zero-order valence-corrected chi connectivity index (χ0v) is 13.9. The molecule has 0 aliphatic heterocycles. The van der Waals surface area contributed by atoms with Gasteiger partial charge in [-0.15, -0.1) is 0 Å². The number of nitrogens with zero attached hydrogens (tertiary/aromatic N) is 1. The molecule has 4 rings (SSSR count). The summed E-state index contributed by atoms with van der Waals surface area (Å²) in [7, 11) is 0. The Bertz CT molecular complexity index is 1160. The fourth-order valence-corrected chi connectivity index (χ4v) is 2.66. The second kappa shape index (κ2) is 6.33. The number of furan rings is 1. The molecule has 2 aromatic carbocycles. The predicted octanol–water partition coefficient (Wildman–Crippen LogP) is 4.01. The van der Waals surface area contributed by atoms with Crippen LogP contribution < -0.4 is 10.9 Å². The lowest BCUT2D eigenvalue weighted by Gasteiger charge is -2.06. The van der Waals surface area contributed by atoms with Crippen LogP contribution >= 0.6 is 0 Å². The van der Waals surface area contributed by atoms with Gasteiger partial charge in [0.2, 0.25) is 5.89 Å². The summed E-state index contributed by atoms with van der Waals surface area (Å²) < 4.78 is 10.4. The van der Waals surface area contributed by atoms with E-state index in [0.717, 1.165) is 0 Å². The van der Waals surface area contributed by atoms with Gasteiger partial charge in [-0.1, -0.05) is 12.1 Å². The summed E-state index contributed by atoms with van der Waals surface area (Å²) in [6.45, 7) is 1.73. The molecule has 6 nitrogen and oxygen atoms in total. The normalized spacial score (nSPS) is 10.8. The molecule has 0 saturated carbocycles. The minimum atomic E-state index is -0.432. The number of rotatable bonds is 3. The maximum Gasteiger partial charge on any atom is 0.347 e. The van der Waals surface area contributed by atoms with Crippen molar-refractivity contribution in [1.82, 2.24) is 4.98 Å². The highest BCUT2D eigenvalue weighted by Crippen LogP contribution is 2.21. The van der Waals surface area contributed by atoms with E-state index in [-0.39, 0.29) is 11.8 Å². The lowest BCUT2D eigenvalue weighted by Crippen LogP contribution is -2.11. The Morgan fingerprint density at radius 2 is 1.81 bits per heavy atom. The largest absolute Gasteiger partial charge is 0.469 e. The molecule has 2 heterocycles. The maximum atomic E-state index is 12.2. The predicted molar refractivity (Wildman–Crippen MR) is 97.1 cm³/mol. The Morgan fingerprint density at radius 3 is 2.54 bits per heavy atom. The molecule has 6 heteroatoms. The molecule has 4 aromatic rings. The summed E-state index contributed by atoms with van der Waals surface area (Å²) in [5, 5.41) is 3.23. The van der Waals surface area contributed by atoms with Crippen molar-refractivity contribution in [2.75, 3.05) is 5.32 Å². The molecular formula is C20H14N2O4. The van der Waals surface area contributed by atoms with E-state index in [1.165, 1.54) is 6.26 Å². The molecule has 2 aromatic heterocycles. The van der Waals surface area contributed by atoms with Gasteiger partial charge in [0.05, 0.1) is 22.7 Å². The summed E-state index contributed by atoms with van der Waals surface area (Å²) in [5.74, 6) is 0.540. The Labute approximate surface area is 148 Å². The number of nitrogens with one attached hydrogen (secondary N) is 1. The first-order valence-corrected chi connectivity index (χ1v) is 7.97. The van der Waals surface area contributed by atoms with Gasteiger partial charge in [-0.2, -0.15) is 0 Å². The van der Waals surface area contributed by atoms with Gasteiger partial charge in [-0.05, 0) is 49.4 Å². The topological polar surface area (TPSA) is 85.3 Å². The average molecular weight is 346 g/mol. The molecule has 0 bridgehead atoms. The van der Waals surface area contributed by atoms with E-state index in [1.807, 2.05) is 6.07 Å². The highest BCUT2D eigenvalue weighted by atomic mass is 16.4. The van der Waals surface area contributed by atoms with Crippen LogP contribution in [0.15, 0.2) is 74.5 Å². The van der Waals surface area contributed by atoms with Crippen LogP contribution in [0.4, 0.5) is 5.69 Å². The van der Waals surface area contributed by atoms with E-state index in [0.29, 0.717) is 33.5 Å². The Morgan fingerprint density at radius 1 is 1.04 bits per heavy atom. The van der Waals surface area contributed by atoms with Gasteiger partial charge in [0.15, 0.2) is 0 Å². The fraction of sp³-hybridized carbons (Fsp3) is 0.0500. The number of hydrogen-bond donors (Lipinski definition) is 1. The van der Waals surface area contributed by atoms with Gasteiger partial charge < -0.3 is 14.2 Å². The van der Waals surface area contributed by atoms with E-state index >= 15 is 0 Å². The first kappa shape index (κ1) is 15.8. The highest BCUT2D eigenvalue weighted by Gasteiger charge is 2.12. The molecule has 0 fully saturated rings. The van der Waals surface area contributed by atoms with Gasteiger partial charge >= 0.3 is 5.63 Å². The Balaban J connectivity index is 1.61. The number of fused-ring (bicyclic) bond motifs is 1. The second-order valence-corrected chi connectivity index (χ2v) is 5.75. The van der Waals surface area contributed by atoms with Crippen LogP contribution in [0.3, 0.4) is 0 Å². The van der Waals surface area contributed by atoms with E-state index in [4.69, 9.17) is 8.83 Å². The molecule has 26 heavy (non-hydrogen) atoms. The number of para-hydroxylation sites is 1. The highest BCUT2D eigenvalue weighted by molar-refractivity contribution is 6.04. The minimum absolute atomic E-state index is 0.234. The first-order chi connectivity index (χ1) is 12.6. The molecule has 0 spiro atoms. The van der Waals surface area contributed by atoms with E-state index in [1.54, 1.807) is 55.5 Å². The third-order valence-corrected chi connectivity index (χ3v) is 4.03. The number of aromatic nitrogens is 1. The molecule has 0 aliphatic rings. The van der Waals surface area contributed by atoms with E-state index in [9.17, 15) is 9.59 Å². The summed E-state index contributed by atoms with van der Waals surface area (Å²) in [5.41, 5.74) is 1.88. The summed E-state index contributed by atoms with van der Waals surface area (Å²) in [6, 6.07) is 15.5. The first-order valence-electron chi connectivity index (χ1n) is 7.97. The average Bonchev–Trinajstić information content (AvgIpc) is 3.08. The van der Waals surface area contributed by atoms with E-state index in [2.05, 4.69) is 10.3 Å². The van der Waals surface area contributed by atoms with Crippen LogP contribution in [0.2, 0.25) is 0 Å². The number of carbonyl (C=O) groups excluding carboxylic acids is 1. The third kappa shape index (κ3) is 2.88. The fourth-order valence-electron chi connectivity index (χ4n) is 2.66. The number of amides is 1. The van der Waals surface area contributed by atoms with Crippen molar-refractivity contribution in [1.29, 1.82) is 0 Å². The molecule has 0 aliphatic carbocycles. The zero-order chi connectivity index (χ0) is 18.1. The number of aryl methyl sites for hydroxylation is 1.